The topological polar surface area (TPSA) is 105 Å². The molecule has 2 aromatic heterocycles. The van der Waals surface area contributed by atoms with Crippen LogP contribution in [0.4, 0.5) is 0 Å². The number of benzene rings is 3. The number of ether oxygens (including phenoxy) is 3. The van der Waals surface area contributed by atoms with Crippen LogP contribution in [0.5, 0.6) is 11.5 Å². The number of esters is 1. The van der Waals surface area contributed by atoms with Gasteiger partial charge in [-0.3, -0.25) is 4.79 Å². The molecule has 3 aromatic carbocycles. The van der Waals surface area contributed by atoms with E-state index in [0.29, 0.717) is 43.8 Å². The van der Waals surface area contributed by atoms with Gasteiger partial charge in [-0.1, -0.05) is 28.1 Å². The lowest BCUT2D eigenvalue weighted by molar-refractivity contribution is -0.147. The zero-order chi connectivity index (χ0) is 27.7. The summed E-state index contributed by atoms with van der Waals surface area (Å²) >= 11 is 6.94. The Morgan fingerprint density at radius 3 is 2.67 bits per heavy atom. The molecule has 0 amide bonds. The predicted molar refractivity (Wildman–Crippen MR) is 155 cm³/mol. The van der Waals surface area contributed by atoms with E-state index in [1.54, 1.807) is 37.3 Å². The third kappa shape index (κ3) is 5.32. The fourth-order valence-electron chi connectivity index (χ4n) is 3.96. The van der Waals surface area contributed by atoms with Crippen molar-refractivity contribution in [1.82, 2.24) is 9.66 Å². The molecule has 0 saturated carbocycles. The normalized spacial score (nSPS) is 12.2. The molecule has 0 spiro atoms. The molecule has 11 heteroatoms. The van der Waals surface area contributed by atoms with Crippen molar-refractivity contribution in [1.29, 1.82) is 0 Å². The summed E-state index contributed by atoms with van der Waals surface area (Å²) in [6.45, 7) is 1.57. The van der Waals surface area contributed by atoms with Crippen LogP contribution in [0.2, 0.25) is 0 Å². The number of para-hydroxylation sites is 1. The minimum absolute atomic E-state index is 0.250. The second-order valence-electron chi connectivity index (χ2n) is 8.42. The first-order valence-corrected chi connectivity index (χ1v) is 13.2. The van der Waals surface area contributed by atoms with Crippen LogP contribution in [-0.4, -0.2) is 42.2 Å². The molecule has 5 rings (SSSR count). The number of hydrogen-bond acceptors (Lipinski definition) is 8. The highest BCUT2D eigenvalue weighted by atomic mass is 79.9. The van der Waals surface area contributed by atoms with E-state index < -0.39 is 12.1 Å². The molecule has 5 aromatic rings. The van der Waals surface area contributed by atoms with E-state index in [4.69, 9.17) is 23.6 Å². The van der Waals surface area contributed by atoms with Crippen LogP contribution in [0.15, 0.2) is 83.9 Å². The number of fused-ring (bicyclic) bond motifs is 2. The molecule has 0 fully saturated rings. The van der Waals surface area contributed by atoms with Gasteiger partial charge in [-0.2, -0.15) is 9.78 Å². The summed E-state index contributed by atoms with van der Waals surface area (Å²) in [4.78, 5) is 30.1. The van der Waals surface area contributed by atoms with Crippen molar-refractivity contribution in [3.05, 3.63) is 85.5 Å². The standard InChI is InChI=1S/C28H21Br2N3O6/c1-15(28(35)37-3)38-25-20(30)10-16(11-23(25)36-2)14-31-33-26(32-21-7-5-4-6-19(21)27(33)34)24-13-17-12-18(29)8-9-22(17)39-24/h4-15H,1-3H3/t15-/m1/s1. The fraction of sp³-hybridized carbons (Fsp3) is 0.143. The fourth-order valence-corrected chi connectivity index (χ4v) is 4.89. The van der Waals surface area contributed by atoms with Crippen molar-refractivity contribution in [3.8, 4) is 23.1 Å². The number of rotatable bonds is 7. The monoisotopic (exact) mass is 653 g/mol. The maximum atomic E-state index is 13.5. The zero-order valence-electron chi connectivity index (χ0n) is 21.0. The first-order valence-electron chi connectivity index (χ1n) is 11.7. The molecule has 2 heterocycles. The van der Waals surface area contributed by atoms with Crippen LogP contribution in [0.1, 0.15) is 12.5 Å². The van der Waals surface area contributed by atoms with E-state index in [1.807, 2.05) is 30.3 Å². The van der Waals surface area contributed by atoms with Crippen LogP contribution >= 0.6 is 31.9 Å². The number of furan rings is 1. The number of nitrogens with zero attached hydrogens (tertiary/aromatic N) is 3. The van der Waals surface area contributed by atoms with Crippen LogP contribution < -0.4 is 15.0 Å². The van der Waals surface area contributed by atoms with Crippen molar-refractivity contribution in [2.75, 3.05) is 14.2 Å². The third-order valence-electron chi connectivity index (χ3n) is 5.85. The SMILES string of the molecule is COC(=O)[C@@H](C)Oc1c(Br)cc(C=Nn2c(-c3cc4cc(Br)ccc4o3)nc3ccccc3c2=O)cc1OC. The van der Waals surface area contributed by atoms with Crippen LogP contribution in [0, 0.1) is 0 Å². The largest absolute Gasteiger partial charge is 0.493 e. The van der Waals surface area contributed by atoms with Gasteiger partial charge in [0.15, 0.2) is 23.4 Å². The summed E-state index contributed by atoms with van der Waals surface area (Å²) in [6, 6.07) is 17.9. The summed E-state index contributed by atoms with van der Waals surface area (Å²) in [5, 5.41) is 5.76. The highest BCUT2D eigenvalue weighted by Gasteiger charge is 2.21. The minimum Gasteiger partial charge on any atom is -0.493 e. The smallest absolute Gasteiger partial charge is 0.346 e. The molecule has 0 aliphatic carbocycles. The van der Waals surface area contributed by atoms with E-state index in [-0.39, 0.29) is 11.4 Å². The number of halogens is 2. The second-order valence-corrected chi connectivity index (χ2v) is 10.2. The van der Waals surface area contributed by atoms with Gasteiger partial charge in [0.05, 0.1) is 35.8 Å². The summed E-state index contributed by atoms with van der Waals surface area (Å²) in [6.07, 6.45) is 0.649. The summed E-state index contributed by atoms with van der Waals surface area (Å²) in [7, 11) is 2.77. The number of hydrogen-bond donors (Lipinski definition) is 0. The third-order valence-corrected chi connectivity index (χ3v) is 6.94. The Morgan fingerprint density at radius 1 is 1.10 bits per heavy atom. The van der Waals surface area contributed by atoms with Crippen molar-refractivity contribution in [2.45, 2.75) is 13.0 Å². The second kappa shape index (κ2) is 11.0. The number of carbonyl (C=O) groups excluding carboxylic acids is 1. The van der Waals surface area contributed by atoms with Crippen molar-refractivity contribution >= 4 is 65.9 Å². The Hall–Kier alpha value is -3.96. The van der Waals surface area contributed by atoms with Crippen molar-refractivity contribution < 1.29 is 23.4 Å². The first-order chi connectivity index (χ1) is 18.8. The summed E-state index contributed by atoms with van der Waals surface area (Å²) in [5.74, 6) is 0.797. The quantitative estimate of drug-likeness (QED) is 0.153. The predicted octanol–water partition coefficient (Wildman–Crippen LogP) is 6.17. The Morgan fingerprint density at radius 2 is 1.90 bits per heavy atom. The van der Waals surface area contributed by atoms with E-state index in [1.165, 1.54) is 25.1 Å². The molecule has 198 valence electrons. The van der Waals surface area contributed by atoms with Gasteiger partial charge in [-0.05, 0) is 76.9 Å². The minimum atomic E-state index is -0.853. The van der Waals surface area contributed by atoms with Crippen molar-refractivity contribution in [3.63, 3.8) is 0 Å². The molecule has 0 radical (unpaired) electrons. The maximum absolute atomic E-state index is 13.5. The van der Waals surface area contributed by atoms with Crippen molar-refractivity contribution in [2.24, 2.45) is 5.10 Å². The van der Waals surface area contributed by atoms with E-state index in [2.05, 4.69) is 37.0 Å². The molecular weight excluding hydrogens is 634 g/mol. The molecule has 0 saturated heterocycles. The highest BCUT2D eigenvalue weighted by Crippen LogP contribution is 2.37. The average Bonchev–Trinajstić information content (AvgIpc) is 3.36. The molecule has 0 aliphatic heterocycles. The number of methoxy groups -OCH3 is 2. The van der Waals surface area contributed by atoms with E-state index >= 15 is 0 Å². The Bertz CT molecular complexity index is 1810. The van der Waals surface area contributed by atoms with Crippen LogP contribution in [0.3, 0.4) is 0 Å². The zero-order valence-corrected chi connectivity index (χ0v) is 24.1. The Labute approximate surface area is 239 Å². The summed E-state index contributed by atoms with van der Waals surface area (Å²) < 4.78 is 24.6. The number of aromatic nitrogens is 2. The summed E-state index contributed by atoms with van der Waals surface area (Å²) in [5.41, 5.74) is 1.41. The van der Waals surface area contributed by atoms with Gasteiger partial charge >= 0.3 is 5.97 Å². The molecule has 1 atom stereocenters. The van der Waals surface area contributed by atoms with E-state index in [0.717, 1.165) is 9.86 Å². The van der Waals surface area contributed by atoms with Crippen LogP contribution in [0.25, 0.3) is 33.5 Å². The highest BCUT2D eigenvalue weighted by molar-refractivity contribution is 9.10. The number of carbonyl (C=O) groups is 1. The molecule has 0 bridgehead atoms. The Balaban J connectivity index is 1.61. The van der Waals surface area contributed by atoms with Gasteiger partial charge in [0.25, 0.3) is 5.56 Å². The average molecular weight is 655 g/mol. The molecule has 0 N–H and O–H groups in total. The Kier molecular flexibility index (Phi) is 7.53. The van der Waals surface area contributed by atoms with Gasteiger partial charge in [0.2, 0.25) is 5.82 Å². The molecular formula is C28H21Br2N3O6. The van der Waals surface area contributed by atoms with Gasteiger partial charge < -0.3 is 18.6 Å². The van der Waals surface area contributed by atoms with E-state index in [9.17, 15) is 9.59 Å². The van der Waals surface area contributed by atoms with Crippen LogP contribution in [-0.2, 0) is 9.53 Å². The first kappa shape index (κ1) is 26.6. The molecule has 0 aliphatic rings. The van der Waals surface area contributed by atoms with Gasteiger partial charge in [0, 0.05) is 9.86 Å². The van der Waals surface area contributed by atoms with Gasteiger partial charge in [-0.15, -0.1) is 0 Å². The van der Waals surface area contributed by atoms with Gasteiger partial charge in [-0.25, -0.2) is 9.78 Å². The lowest BCUT2D eigenvalue weighted by atomic mass is 10.2. The molecule has 39 heavy (non-hydrogen) atoms. The molecule has 0 unspecified atom stereocenters. The van der Waals surface area contributed by atoms with Gasteiger partial charge in [0.1, 0.15) is 5.58 Å². The lowest BCUT2D eigenvalue weighted by Gasteiger charge is -2.17. The maximum Gasteiger partial charge on any atom is 0.346 e. The molecule has 9 nitrogen and oxygen atoms in total. The lowest BCUT2D eigenvalue weighted by Crippen LogP contribution is -2.25.